The third-order valence-corrected chi connectivity index (χ3v) is 4.57. The molecule has 1 aromatic carbocycles. The second-order valence-electron chi connectivity index (χ2n) is 5.50. The van der Waals surface area contributed by atoms with Crippen LogP contribution < -0.4 is 4.72 Å². The van der Waals surface area contributed by atoms with Crippen LogP contribution in [0.15, 0.2) is 42.7 Å². The van der Waals surface area contributed by atoms with E-state index in [2.05, 4.69) is 14.7 Å². The van der Waals surface area contributed by atoms with E-state index in [9.17, 15) is 8.42 Å². The number of sulfonamides is 1. The standard InChI is InChI=1S/C16H17N3O2S/c1-11-5-12(2)7-13(6-11)10-22(20,21)19-15-8-14-3-4-17-16(14)18-9-15/h3-9,19H,10H2,1-2H3,(H,17,18). The van der Waals surface area contributed by atoms with Gasteiger partial charge in [0.25, 0.3) is 0 Å². The molecule has 0 radical (unpaired) electrons. The lowest BCUT2D eigenvalue weighted by atomic mass is 10.1. The van der Waals surface area contributed by atoms with Crippen molar-refractivity contribution in [1.82, 2.24) is 9.97 Å². The van der Waals surface area contributed by atoms with Gasteiger partial charge in [-0.15, -0.1) is 0 Å². The summed E-state index contributed by atoms with van der Waals surface area (Å²) >= 11 is 0. The van der Waals surface area contributed by atoms with Gasteiger partial charge in [0, 0.05) is 11.6 Å². The Balaban J connectivity index is 1.83. The summed E-state index contributed by atoms with van der Waals surface area (Å²) in [6, 6.07) is 9.41. The van der Waals surface area contributed by atoms with E-state index in [1.54, 1.807) is 12.3 Å². The van der Waals surface area contributed by atoms with Crippen LogP contribution in [0.5, 0.6) is 0 Å². The first kappa shape index (κ1) is 14.6. The van der Waals surface area contributed by atoms with Crippen molar-refractivity contribution in [2.45, 2.75) is 19.6 Å². The number of rotatable bonds is 4. The Morgan fingerprint density at radius 2 is 1.86 bits per heavy atom. The lowest BCUT2D eigenvalue weighted by molar-refractivity contribution is 0.600. The van der Waals surface area contributed by atoms with Crippen molar-refractivity contribution in [3.63, 3.8) is 0 Å². The molecule has 0 aliphatic carbocycles. The molecule has 0 aliphatic rings. The Morgan fingerprint density at radius 1 is 1.14 bits per heavy atom. The molecular formula is C16H17N3O2S. The summed E-state index contributed by atoms with van der Waals surface area (Å²) in [4.78, 5) is 7.15. The van der Waals surface area contributed by atoms with Crippen LogP contribution in [-0.4, -0.2) is 18.4 Å². The molecule has 0 saturated carbocycles. The molecule has 2 N–H and O–H groups in total. The van der Waals surface area contributed by atoms with Gasteiger partial charge < -0.3 is 4.98 Å². The third kappa shape index (κ3) is 3.28. The number of anilines is 1. The summed E-state index contributed by atoms with van der Waals surface area (Å²) in [6.07, 6.45) is 3.28. The van der Waals surface area contributed by atoms with Gasteiger partial charge in [-0.05, 0) is 31.5 Å². The van der Waals surface area contributed by atoms with Crippen molar-refractivity contribution in [2.24, 2.45) is 0 Å². The van der Waals surface area contributed by atoms with E-state index in [1.165, 1.54) is 6.20 Å². The Morgan fingerprint density at radius 3 is 2.59 bits per heavy atom. The van der Waals surface area contributed by atoms with Crippen molar-refractivity contribution in [3.8, 4) is 0 Å². The van der Waals surface area contributed by atoms with Gasteiger partial charge in [0.15, 0.2) is 0 Å². The van der Waals surface area contributed by atoms with Gasteiger partial charge in [-0.1, -0.05) is 29.3 Å². The van der Waals surface area contributed by atoms with E-state index in [0.29, 0.717) is 5.69 Å². The second-order valence-corrected chi connectivity index (χ2v) is 7.22. The third-order valence-electron chi connectivity index (χ3n) is 3.31. The number of aromatic amines is 1. The van der Waals surface area contributed by atoms with E-state index in [0.717, 1.165) is 27.7 Å². The van der Waals surface area contributed by atoms with E-state index >= 15 is 0 Å². The van der Waals surface area contributed by atoms with Crippen LogP contribution >= 0.6 is 0 Å². The molecule has 2 aromatic heterocycles. The minimum absolute atomic E-state index is 0.0549. The highest BCUT2D eigenvalue weighted by molar-refractivity contribution is 7.91. The molecule has 6 heteroatoms. The quantitative estimate of drug-likeness (QED) is 0.777. The minimum Gasteiger partial charge on any atom is -0.346 e. The zero-order chi connectivity index (χ0) is 15.7. The maximum Gasteiger partial charge on any atom is 0.236 e. The smallest absolute Gasteiger partial charge is 0.236 e. The first-order valence-corrected chi connectivity index (χ1v) is 8.57. The highest BCUT2D eigenvalue weighted by Gasteiger charge is 2.13. The lowest BCUT2D eigenvalue weighted by Crippen LogP contribution is -2.15. The molecule has 0 bridgehead atoms. The first-order valence-electron chi connectivity index (χ1n) is 6.92. The lowest BCUT2D eigenvalue weighted by Gasteiger charge is -2.09. The molecule has 0 spiro atoms. The molecule has 3 rings (SSSR count). The summed E-state index contributed by atoms with van der Waals surface area (Å²) in [7, 11) is -3.47. The fourth-order valence-corrected chi connectivity index (χ4v) is 3.73. The van der Waals surface area contributed by atoms with E-state index < -0.39 is 10.0 Å². The SMILES string of the molecule is Cc1cc(C)cc(CS(=O)(=O)Nc2cnc3[nH]ccc3c2)c1. The average Bonchev–Trinajstić information content (AvgIpc) is 2.83. The molecule has 0 atom stereocenters. The zero-order valence-electron chi connectivity index (χ0n) is 12.4. The molecule has 114 valence electrons. The van der Waals surface area contributed by atoms with E-state index in [-0.39, 0.29) is 5.75 Å². The monoisotopic (exact) mass is 315 g/mol. The van der Waals surface area contributed by atoms with Crippen molar-refractivity contribution >= 4 is 26.7 Å². The summed E-state index contributed by atoms with van der Waals surface area (Å²) in [6.45, 7) is 3.92. The molecule has 3 aromatic rings. The van der Waals surface area contributed by atoms with Crippen molar-refractivity contribution in [1.29, 1.82) is 0 Å². The molecule has 2 heterocycles. The number of hydrogen-bond acceptors (Lipinski definition) is 3. The summed E-state index contributed by atoms with van der Waals surface area (Å²) < 4.78 is 27.2. The van der Waals surface area contributed by atoms with Gasteiger partial charge in [-0.25, -0.2) is 13.4 Å². The first-order chi connectivity index (χ1) is 10.4. The number of aryl methyl sites for hydroxylation is 2. The highest BCUT2D eigenvalue weighted by atomic mass is 32.2. The molecule has 0 amide bonds. The number of aromatic nitrogens is 2. The zero-order valence-corrected chi connectivity index (χ0v) is 13.2. The minimum atomic E-state index is -3.47. The molecule has 0 unspecified atom stereocenters. The summed E-state index contributed by atoms with van der Waals surface area (Å²) in [5.41, 5.74) is 4.09. The predicted molar refractivity (Wildman–Crippen MR) is 88.3 cm³/mol. The molecule has 0 saturated heterocycles. The van der Waals surface area contributed by atoms with Crippen molar-refractivity contribution in [3.05, 3.63) is 59.4 Å². The van der Waals surface area contributed by atoms with Crippen LogP contribution in [0.1, 0.15) is 16.7 Å². The summed E-state index contributed by atoms with van der Waals surface area (Å²) in [5, 5.41) is 0.867. The number of nitrogens with zero attached hydrogens (tertiary/aromatic N) is 1. The summed E-state index contributed by atoms with van der Waals surface area (Å²) in [5.74, 6) is -0.0549. The maximum atomic E-state index is 12.3. The van der Waals surface area contributed by atoms with Gasteiger partial charge in [0.1, 0.15) is 5.65 Å². The van der Waals surface area contributed by atoms with E-state index in [1.807, 2.05) is 38.1 Å². The van der Waals surface area contributed by atoms with Gasteiger partial charge in [-0.2, -0.15) is 0 Å². The molecule has 5 nitrogen and oxygen atoms in total. The van der Waals surface area contributed by atoms with Crippen molar-refractivity contribution < 1.29 is 8.42 Å². The van der Waals surface area contributed by atoms with Gasteiger partial charge >= 0.3 is 0 Å². The van der Waals surface area contributed by atoms with Gasteiger partial charge in [0.05, 0.1) is 17.6 Å². The Kier molecular flexibility index (Phi) is 3.62. The second kappa shape index (κ2) is 5.46. The number of benzene rings is 1. The number of fused-ring (bicyclic) bond motifs is 1. The van der Waals surface area contributed by atoms with Gasteiger partial charge in [-0.3, -0.25) is 4.72 Å². The van der Waals surface area contributed by atoms with Crippen LogP contribution in [0.3, 0.4) is 0 Å². The van der Waals surface area contributed by atoms with Crippen LogP contribution in [0, 0.1) is 13.8 Å². The van der Waals surface area contributed by atoms with E-state index in [4.69, 9.17) is 0 Å². The number of nitrogens with one attached hydrogen (secondary N) is 2. The Bertz CT molecular complexity index is 909. The van der Waals surface area contributed by atoms with Crippen LogP contribution in [0.25, 0.3) is 11.0 Å². The number of hydrogen-bond donors (Lipinski definition) is 2. The molecule has 0 aliphatic heterocycles. The normalized spacial score (nSPS) is 11.7. The topological polar surface area (TPSA) is 74.8 Å². The Labute approximate surface area is 129 Å². The molecule has 0 fully saturated rings. The molecular weight excluding hydrogens is 298 g/mol. The van der Waals surface area contributed by atoms with Crippen LogP contribution in [0.2, 0.25) is 0 Å². The molecule has 22 heavy (non-hydrogen) atoms. The van der Waals surface area contributed by atoms with Crippen molar-refractivity contribution in [2.75, 3.05) is 4.72 Å². The fourth-order valence-electron chi connectivity index (χ4n) is 2.58. The number of pyridine rings is 1. The predicted octanol–water partition coefficient (Wildman–Crippen LogP) is 3.12. The fraction of sp³-hybridized carbons (Fsp3) is 0.188. The van der Waals surface area contributed by atoms with Crippen LogP contribution in [0.4, 0.5) is 5.69 Å². The number of H-pyrrole nitrogens is 1. The van der Waals surface area contributed by atoms with Crippen LogP contribution in [-0.2, 0) is 15.8 Å². The maximum absolute atomic E-state index is 12.3. The average molecular weight is 315 g/mol. The Hall–Kier alpha value is -2.34. The highest BCUT2D eigenvalue weighted by Crippen LogP contribution is 2.18. The largest absolute Gasteiger partial charge is 0.346 e. The van der Waals surface area contributed by atoms with Gasteiger partial charge in [0.2, 0.25) is 10.0 Å².